The highest BCUT2D eigenvalue weighted by molar-refractivity contribution is 5.78. The molecule has 0 aliphatic rings. The van der Waals surface area contributed by atoms with Gasteiger partial charge in [0.25, 0.3) is 0 Å². The van der Waals surface area contributed by atoms with E-state index in [1.807, 2.05) is 20.8 Å². The third-order valence-electron chi connectivity index (χ3n) is 2.00. The highest BCUT2D eigenvalue weighted by Gasteiger charge is 2.12. The molecule has 0 fully saturated rings. The molecule has 0 spiro atoms. The molecule has 2 atom stereocenters. The zero-order valence-electron chi connectivity index (χ0n) is 9.59. The summed E-state index contributed by atoms with van der Waals surface area (Å²) in [6, 6.07) is 0.318. The third kappa shape index (κ3) is 5.94. The normalized spacial score (nSPS) is 14.9. The van der Waals surface area contributed by atoms with E-state index in [1.54, 1.807) is 7.11 Å². The lowest BCUT2D eigenvalue weighted by atomic mass is 10.2. The van der Waals surface area contributed by atoms with Crippen molar-refractivity contribution in [1.82, 2.24) is 10.6 Å². The number of carbonyl (C=O) groups excluding carboxylic acids is 1. The number of methoxy groups -OCH3 is 1. The Labute approximate surface area is 86.4 Å². The second-order valence-electron chi connectivity index (χ2n) is 3.56. The van der Waals surface area contributed by atoms with Crippen molar-refractivity contribution in [2.75, 3.05) is 26.8 Å². The monoisotopic (exact) mass is 202 g/mol. The number of hydrogen-bond donors (Lipinski definition) is 2. The van der Waals surface area contributed by atoms with E-state index in [1.165, 1.54) is 0 Å². The van der Waals surface area contributed by atoms with Crippen LogP contribution in [0.5, 0.6) is 0 Å². The van der Waals surface area contributed by atoms with Crippen molar-refractivity contribution in [1.29, 1.82) is 0 Å². The molecule has 4 heteroatoms. The van der Waals surface area contributed by atoms with Gasteiger partial charge in [-0.3, -0.25) is 4.79 Å². The van der Waals surface area contributed by atoms with Crippen molar-refractivity contribution in [2.45, 2.75) is 26.8 Å². The van der Waals surface area contributed by atoms with Crippen LogP contribution in [0.1, 0.15) is 20.8 Å². The predicted octanol–water partition coefficient (Wildman–Crippen LogP) is 0.383. The fourth-order valence-corrected chi connectivity index (χ4v) is 1.17. The van der Waals surface area contributed by atoms with E-state index in [0.29, 0.717) is 19.2 Å². The van der Waals surface area contributed by atoms with Gasteiger partial charge in [0.1, 0.15) is 0 Å². The first-order valence-corrected chi connectivity index (χ1v) is 5.11. The van der Waals surface area contributed by atoms with Crippen molar-refractivity contribution in [3.8, 4) is 0 Å². The van der Waals surface area contributed by atoms with Crippen molar-refractivity contribution in [3.05, 3.63) is 0 Å². The van der Waals surface area contributed by atoms with E-state index in [2.05, 4.69) is 10.6 Å². The maximum atomic E-state index is 11.4. The molecule has 0 aliphatic heterocycles. The minimum atomic E-state index is -0.0752. The Bertz CT molecular complexity index is 162. The van der Waals surface area contributed by atoms with Gasteiger partial charge < -0.3 is 15.4 Å². The lowest BCUT2D eigenvalue weighted by Gasteiger charge is -2.15. The number of carbonyl (C=O) groups is 1. The molecule has 0 radical (unpaired) electrons. The van der Waals surface area contributed by atoms with Crippen LogP contribution in [0.15, 0.2) is 0 Å². The summed E-state index contributed by atoms with van der Waals surface area (Å²) in [5.74, 6) is -0.0228. The van der Waals surface area contributed by atoms with Crippen molar-refractivity contribution >= 4 is 5.91 Å². The first-order valence-electron chi connectivity index (χ1n) is 5.11. The zero-order chi connectivity index (χ0) is 11.0. The highest BCUT2D eigenvalue weighted by atomic mass is 16.5. The highest BCUT2D eigenvalue weighted by Crippen LogP contribution is 1.94. The molecule has 14 heavy (non-hydrogen) atoms. The zero-order valence-corrected chi connectivity index (χ0v) is 9.59. The second-order valence-corrected chi connectivity index (χ2v) is 3.56. The van der Waals surface area contributed by atoms with Gasteiger partial charge >= 0.3 is 0 Å². The number of amides is 1. The molecule has 0 rings (SSSR count). The smallest absolute Gasteiger partial charge is 0.225 e. The van der Waals surface area contributed by atoms with Crippen molar-refractivity contribution in [2.24, 2.45) is 5.92 Å². The van der Waals surface area contributed by atoms with E-state index >= 15 is 0 Å². The molecule has 0 aromatic heterocycles. The molecule has 0 bridgehead atoms. The van der Waals surface area contributed by atoms with Crippen LogP contribution in [0.25, 0.3) is 0 Å². The Morgan fingerprint density at radius 3 is 2.57 bits per heavy atom. The molecule has 0 aliphatic carbocycles. The summed E-state index contributed by atoms with van der Waals surface area (Å²) in [6.07, 6.45) is 0. The summed E-state index contributed by atoms with van der Waals surface area (Å²) < 4.78 is 4.90. The van der Waals surface area contributed by atoms with Gasteiger partial charge in [0.2, 0.25) is 5.91 Å². The topological polar surface area (TPSA) is 50.4 Å². The Balaban J connectivity index is 3.61. The molecule has 0 aromatic rings. The Kier molecular flexibility index (Phi) is 7.42. The molecule has 84 valence electrons. The Morgan fingerprint density at radius 1 is 1.43 bits per heavy atom. The van der Waals surface area contributed by atoms with Crippen LogP contribution in [0.4, 0.5) is 0 Å². The Morgan fingerprint density at radius 2 is 2.07 bits per heavy atom. The molecule has 0 saturated heterocycles. The average molecular weight is 202 g/mol. The molecule has 1 unspecified atom stereocenters. The minimum Gasteiger partial charge on any atom is -0.384 e. The average Bonchev–Trinajstić information content (AvgIpc) is 2.15. The minimum absolute atomic E-state index is 0.0524. The molecule has 0 aromatic carbocycles. The van der Waals surface area contributed by atoms with Crippen LogP contribution in [-0.4, -0.2) is 38.8 Å². The summed E-state index contributed by atoms with van der Waals surface area (Å²) in [5, 5.41) is 6.10. The standard InChI is InChI=1S/C10H22N2O2/c1-5-11-9(3)6-12-10(13)8(2)7-14-4/h8-9,11H,5-7H2,1-4H3,(H,12,13)/t8?,9-/m1/s1. The molecule has 1 amide bonds. The van der Waals surface area contributed by atoms with Crippen LogP contribution in [-0.2, 0) is 9.53 Å². The number of ether oxygens (including phenoxy) is 1. The molecule has 0 saturated carbocycles. The summed E-state index contributed by atoms with van der Waals surface area (Å²) in [5.41, 5.74) is 0. The number of likely N-dealkylation sites (N-methyl/N-ethyl adjacent to an activating group) is 1. The summed E-state index contributed by atoms with van der Waals surface area (Å²) in [7, 11) is 1.60. The van der Waals surface area contributed by atoms with Crippen LogP contribution in [0, 0.1) is 5.92 Å². The lowest BCUT2D eigenvalue weighted by molar-refractivity contribution is -0.126. The molecular formula is C10H22N2O2. The molecular weight excluding hydrogens is 180 g/mol. The summed E-state index contributed by atoms with van der Waals surface area (Å²) in [4.78, 5) is 11.4. The molecule has 4 nitrogen and oxygen atoms in total. The number of nitrogens with one attached hydrogen (secondary N) is 2. The van der Waals surface area contributed by atoms with E-state index in [9.17, 15) is 4.79 Å². The Hall–Kier alpha value is -0.610. The number of rotatable bonds is 7. The van der Waals surface area contributed by atoms with Gasteiger partial charge in [-0.05, 0) is 13.5 Å². The van der Waals surface area contributed by atoms with Gasteiger partial charge in [-0.15, -0.1) is 0 Å². The second kappa shape index (κ2) is 7.76. The van der Waals surface area contributed by atoms with Gasteiger partial charge in [0.05, 0.1) is 12.5 Å². The molecule has 2 N–H and O–H groups in total. The van der Waals surface area contributed by atoms with Gasteiger partial charge in [0.15, 0.2) is 0 Å². The number of hydrogen-bond acceptors (Lipinski definition) is 3. The van der Waals surface area contributed by atoms with E-state index in [0.717, 1.165) is 6.54 Å². The predicted molar refractivity (Wildman–Crippen MR) is 57.2 cm³/mol. The SMILES string of the molecule is CCN[C@H](C)CNC(=O)C(C)COC. The maximum Gasteiger partial charge on any atom is 0.225 e. The summed E-state index contributed by atoms with van der Waals surface area (Å²) in [6.45, 7) is 8.01. The van der Waals surface area contributed by atoms with Crippen molar-refractivity contribution < 1.29 is 9.53 Å². The fourth-order valence-electron chi connectivity index (χ4n) is 1.17. The first kappa shape index (κ1) is 13.4. The van der Waals surface area contributed by atoms with Gasteiger partial charge in [-0.1, -0.05) is 13.8 Å². The van der Waals surface area contributed by atoms with Crippen LogP contribution < -0.4 is 10.6 Å². The summed E-state index contributed by atoms with van der Waals surface area (Å²) >= 11 is 0. The first-order chi connectivity index (χ1) is 6.61. The van der Waals surface area contributed by atoms with Gasteiger partial charge in [-0.2, -0.15) is 0 Å². The van der Waals surface area contributed by atoms with E-state index in [4.69, 9.17) is 4.74 Å². The van der Waals surface area contributed by atoms with Crippen LogP contribution in [0.2, 0.25) is 0 Å². The third-order valence-corrected chi connectivity index (χ3v) is 2.00. The van der Waals surface area contributed by atoms with Gasteiger partial charge in [0, 0.05) is 19.7 Å². The lowest BCUT2D eigenvalue weighted by Crippen LogP contribution is -2.41. The van der Waals surface area contributed by atoms with Crippen molar-refractivity contribution in [3.63, 3.8) is 0 Å². The van der Waals surface area contributed by atoms with Crippen LogP contribution >= 0.6 is 0 Å². The molecule has 0 heterocycles. The van der Waals surface area contributed by atoms with Crippen LogP contribution in [0.3, 0.4) is 0 Å². The maximum absolute atomic E-state index is 11.4. The van der Waals surface area contributed by atoms with E-state index < -0.39 is 0 Å². The van der Waals surface area contributed by atoms with Gasteiger partial charge in [-0.25, -0.2) is 0 Å². The quantitative estimate of drug-likeness (QED) is 0.627. The fraction of sp³-hybridized carbons (Fsp3) is 0.900. The largest absolute Gasteiger partial charge is 0.384 e. The van der Waals surface area contributed by atoms with E-state index in [-0.39, 0.29) is 11.8 Å².